The van der Waals surface area contributed by atoms with Gasteiger partial charge in [0, 0.05) is 17.5 Å². The number of allylic oxidation sites excluding steroid dienone is 5. The van der Waals surface area contributed by atoms with Crippen LogP contribution in [0, 0.1) is 5.92 Å². The lowest BCUT2D eigenvalue weighted by atomic mass is 9.90. The molecule has 0 saturated heterocycles. The molecule has 0 aliphatic heterocycles. The number of benzene rings is 2. The minimum absolute atomic E-state index is 0.167. The fourth-order valence-electron chi connectivity index (χ4n) is 3.15. The predicted octanol–water partition coefficient (Wildman–Crippen LogP) is 5.00. The van der Waals surface area contributed by atoms with Crippen LogP contribution >= 0.6 is 0 Å². The monoisotopic (exact) mass is 364 g/mol. The lowest BCUT2D eigenvalue weighted by Gasteiger charge is -2.17. The molecule has 0 aromatic heterocycles. The zero-order valence-electron chi connectivity index (χ0n) is 16.1. The van der Waals surface area contributed by atoms with E-state index in [0.717, 1.165) is 28.2 Å². The van der Waals surface area contributed by atoms with Crippen LogP contribution in [-0.2, 0) is 0 Å². The Morgan fingerprint density at radius 3 is 2.07 bits per heavy atom. The standard InChI is InChI=1S/C23H24O4/c1-24-18-10-11-19(22(15-18)26-3)20(17-7-5-6-8-17)13-16-9-12-21(25-2)23(14-16)27-4/h5-15,17H,1-4H3/b20-13+. The van der Waals surface area contributed by atoms with Crippen LogP contribution in [0.3, 0.4) is 0 Å². The van der Waals surface area contributed by atoms with Crippen molar-refractivity contribution in [3.05, 3.63) is 71.8 Å². The average molecular weight is 364 g/mol. The van der Waals surface area contributed by atoms with Gasteiger partial charge in [-0.1, -0.05) is 30.4 Å². The van der Waals surface area contributed by atoms with Crippen LogP contribution in [0.15, 0.2) is 60.7 Å². The van der Waals surface area contributed by atoms with Gasteiger partial charge in [0.1, 0.15) is 11.5 Å². The van der Waals surface area contributed by atoms with Gasteiger partial charge in [-0.3, -0.25) is 0 Å². The van der Waals surface area contributed by atoms with E-state index in [1.54, 1.807) is 28.4 Å². The first-order valence-corrected chi connectivity index (χ1v) is 8.71. The maximum Gasteiger partial charge on any atom is 0.161 e. The van der Waals surface area contributed by atoms with E-state index in [1.165, 1.54) is 0 Å². The van der Waals surface area contributed by atoms with Crippen molar-refractivity contribution in [2.45, 2.75) is 0 Å². The Kier molecular flexibility index (Phi) is 5.87. The highest BCUT2D eigenvalue weighted by Gasteiger charge is 2.18. The third kappa shape index (κ3) is 4.00. The van der Waals surface area contributed by atoms with E-state index in [9.17, 15) is 0 Å². The Morgan fingerprint density at radius 1 is 0.741 bits per heavy atom. The number of hydrogen-bond donors (Lipinski definition) is 0. The van der Waals surface area contributed by atoms with E-state index in [1.807, 2.05) is 36.4 Å². The topological polar surface area (TPSA) is 36.9 Å². The van der Waals surface area contributed by atoms with Gasteiger partial charge in [0.05, 0.1) is 28.4 Å². The molecular weight excluding hydrogens is 340 g/mol. The van der Waals surface area contributed by atoms with Crippen molar-refractivity contribution >= 4 is 11.6 Å². The molecule has 140 valence electrons. The van der Waals surface area contributed by atoms with Crippen LogP contribution in [0.4, 0.5) is 0 Å². The number of hydrogen-bond acceptors (Lipinski definition) is 4. The Balaban J connectivity index is 2.11. The number of rotatable bonds is 7. The largest absolute Gasteiger partial charge is 0.497 e. The van der Waals surface area contributed by atoms with Crippen LogP contribution in [0.1, 0.15) is 11.1 Å². The smallest absolute Gasteiger partial charge is 0.161 e. The first kappa shape index (κ1) is 18.6. The highest BCUT2D eigenvalue weighted by Crippen LogP contribution is 2.38. The van der Waals surface area contributed by atoms with Gasteiger partial charge in [-0.05, 0) is 41.5 Å². The zero-order valence-corrected chi connectivity index (χ0v) is 16.1. The molecule has 2 aromatic rings. The van der Waals surface area contributed by atoms with E-state index in [-0.39, 0.29) is 5.92 Å². The summed E-state index contributed by atoms with van der Waals surface area (Å²) in [5.74, 6) is 3.11. The van der Waals surface area contributed by atoms with E-state index in [0.29, 0.717) is 11.5 Å². The van der Waals surface area contributed by atoms with Crippen molar-refractivity contribution in [2.75, 3.05) is 28.4 Å². The molecule has 27 heavy (non-hydrogen) atoms. The summed E-state index contributed by atoms with van der Waals surface area (Å²) in [4.78, 5) is 0. The molecule has 0 radical (unpaired) electrons. The number of methoxy groups -OCH3 is 4. The predicted molar refractivity (Wildman–Crippen MR) is 109 cm³/mol. The van der Waals surface area contributed by atoms with Crippen LogP contribution in [-0.4, -0.2) is 28.4 Å². The van der Waals surface area contributed by atoms with E-state index in [4.69, 9.17) is 18.9 Å². The Morgan fingerprint density at radius 2 is 1.44 bits per heavy atom. The van der Waals surface area contributed by atoms with Crippen molar-refractivity contribution in [1.29, 1.82) is 0 Å². The summed E-state index contributed by atoms with van der Waals surface area (Å²) in [7, 11) is 6.60. The van der Waals surface area contributed by atoms with Gasteiger partial charge in [0.25, 0.3) is 0 Å². The Bertz CT molecular complexity index is 881. The molecule has 0 saturated carbocycles. The number of ether oxygens (including phenoxy) is 4. The molecule has 1 aliphatic carbocycles. The molecule has 0 fully saturated rings. The first-order chi connectivity index (χ1) is 13.2. The second kappa shape index (κ2) is 8.49. The lowest BCUT2D eigenvalue weighted by molar-refractivity contribution is 0.355. The molecule has 1 aliphatic rings. The van der Waals surface area contributed by atoms with Gasteiger partial charge >= 0.3 is 0 Å². The molecule has 4 heteroatoms. The van der Waals surface area contributed by atoms with Crippen LogP contribution in [0.25, 0.3) is 11.6 Å². The molecule has 3 rings (SSSR count). The lowest BCUT2D eigenvalue weighted by Crippen LogP contribution is -2.00. The van der Waals surface area contributed by atoms with Gasteiger partial charge in [-0.2, -0.15) is 0 Å². The molecule has 0 spiro atoms. The molecule has 0 heterocycles. The van der Waals surface area contributed by atoms with Crippen molar-refractivity contribution < 1.29 is 18.9 Å². The van der Waals surface area contributed by atoms with Gasteiger partial charge in [-0.25, -0.2) is 0 Å². The summed E-state index contributed by atoms with van der Waals surface area (Å²) < 4.78 is 21.7. The van der Waals surface area contributed by atoms with E-state index in [2.05, 4.69) is 30.4 Å². The third-order valence-corrected chi connectivity index (χ3v) is 4.56. The highest BCUT2D eigenvalue weighted by molar-refractivity contribution is 5.88. The molecule has 0 atom stereocenters. The molecule has 0 unspecified atom stereocenters. The quantitative estimate of drug-likeness (QED) is 0.648. The second-order valence-electron chi connectivity index (χ2n) is 6.08. The summed E-state index contributed by atoms with van der Waals surface area (Å²) in [6.45, 7) is 0. The second-order valence-corrected chi connectivity index (χ2v) is 6.08. The van der Waals surface area contributed by atoms with Crippen molar-refractivity contribution in [2.24, 2.45) is 5.92 Å². The SMILES string of the molecule is COc1ccc(/C(=C/c2ccc(OC)c(OC)c2)C2C=CC=C2)c(OC)c1. The van der Waals surface area contributed by atoms with E-state index >= 15 is 0 Å². The molecule has 0 N–H and O–H groups in total. The summed E-state index contributed by atoms with van der Waals surface area (Å²) in [5, 5.41) is 0. The summed E-state index contributed by atoms with van der Waals surface area (Å²) in [5.41, 5.74) is 3.18. The summed E-state index contributed by atoms with van der Waals surface area (Å²) in [6, 6.07) is 11.8. The zero-order chi connectivity index (χ0) is 19.2. The van der Waals surface area contributed by atoms with Crippen molar-refractivity contribution in [1.82, 2.24) is 0 Å². The normalized spacial score (nSPS) is 13.7. The van der Waals surface area contributed by atoms with Gasteiger partial charge < -0.3 is 18.9 Å². The first-order valence-electron chi connectivity index (χ1n) is 8.71. The van der Waals surface area contributed by atoms with Gasteiger partial charge in [-0.15, -0.1) is 0 Å². The Hall–Kier alpha value is -3.14. The van der Waals surface area contributed by atoms with Crippen molar-refractivity contribution in [3.8, 4) is 23.0 Å². The molecule has 4 nitrogen and oxygen atoms in total. The molecular formula is C23H24O4. The molecule has 2 aromatic carbocycles. The average Bonchev–Trinajstić information content (AvgIpc) is 3.26. The summed E-state index contributed by atoms with van der Waals surface area (Å²) in [6.07, 6.45) is 10.6. The van der Waals surface area contributed by atoms with Crippen LogP contribution < -0.4 is 18.9 Å². The fourth-order valence-corrected chi connectivity index (χ4v) is 3.15. The van der Waals surface area contributed by atoms with Crippen LogP contribution in [0.2, 0.25) is 0 Å². The minimum Gasteiger partial charge on any atom is -0.497 e. The van der Waals surface area contributed by atoms with Gasteiger partial charge in [0.15, 0.2) is 11.5 Å². The third-order valence-electron chi connectivity index (χ3n) is 4.56. The van der Waals surface area contributed by atoms with E-state index < -0.39 is 0 Å². The highest BCUT2D eigenvalue weighted by atomic mass is 16.5. The minimum atomic E-state index is 0.167. The fraction of sp³-hybridized carbons (Fsp3) is 0.217. The Labute approximate surface area is 160 Å². The van der Waals surface area contributed by atoms with Gasteiger partial charge in [0.2, 0.25) is 0 Å². The maximum absolute atomic E-state index is 5.63. The maximum atomic E-state index is 5.63. The van der Waals surface area contributed by atoms with Crippen LogP contribution in [0.5, 0.6) is 23.0 Å². The molecule has 0 amide bonds. The molecule has 0 bridgehead atoms. The summed E-state index contributed by atoms with van der Waals surface area (Å²) >= 11 is 0. The van der Waals surface area contributed by atoms with Crippen molar-refractivity contribution in [3.63, 3.8) is 0 Å².